The molecule has 0 aliphatic carbocycles. The van der Waals surface area contributed by atoms with Gasteiger partial charge in [0.15, 0.2) is 0 Å². The molecule has 1 heterocycles. The molecule has 2 amide bonds. The van der Waals surface area contributed by atoms with Crippen LogP contribution in [0.3, 0.4) is 0 Å². The zero-order valence-corrected chi connectivity index (χ0v) is 18.9. The van der Waals surface area contributed by atoms with Gasteiger partial charge in [0.1, 0.15) is 6.54 Å². The number of anilines is 1. The van der Waals surface area contributed by atoms with Crippen molar-refractivity contribution in [1.82, 2.24) is 19.8 Å². The summed E-state index contributed by atoms with van der Waals surface area (Å²) in [5, 5.41) is 2.75. The van der Waals surface area contributed by atoms with Crippen molar-refractivity contribution < 1.29 is 18.0 Å². The molecule has 9 nitrogen and oxygen atoms in total. The third-order valence-corrected chi connectivity index (χ3v) is 5.87. The lowest BCUT2D eigenvalue weighted by Gasteiger charge is -2.22. The molecule has 0 aliphatic heterocycles. The lowest BCUT2D eigenvalue weighted by atomic mass is 10.2. The van der Waals surface area contributed by atoms with Crippen LogP contribution in [-0.4, -0.2) is 61.6 Å². The highest BCUT2D eigenvalue weighted by Crippen LogP contribution is 2.19. The maximum absolute atomic E-state index is 12.5. The molecule has 3 rings (SSSR count). The maximum atomic E-state index is 12.5. The number of sulfonamides is 1. The Morgan fingerprint density at radius 3 is 2.22 bits per heavy atom. The van der Waals surface area contributed by atoms with Crippen LogP contribution in [-0.2, 0) is 21.4 Å². The Morgan fingerprint density at radius 1 is 1.03 bits per heavy atom. The molecular formula is C22H25N5O4S. The number of carbonyl (C=O) groups excluding carboxylic acids is 2. The molecule has 0 bridgehead atoms. The zero-order valence-electron chi connectivity index (χ0n) is 18.1. The smallest absolute Gasteiger partial charge is 0.253 e. The van der Waals surface area contributed by atoms with Crippen LogP contribution in [0.2, 0.25) is 0 Å². The number of amides is 2. The molecule has 1 aromatic heterocycles. The molecule has 3 aromatic rings. The largest absolute Gasteiger partial charge is 0.350 e. The van der Waals surface area contributed by atoms with Crippen molar-refractivity contribution >= 4 is 27.5 Å². The molecule has 32 heavy (non-hydrogen) atoms. The molecule has 0 atom stereocenters. The van der Waals surface area contributed by atoms with Crippen molar-refractivity contribution in [3.05, 3.63) is 78.4 Å². The first kappa shape index (κ1) is 23.0. The summed E-state index contributed by atoms with van der Waals surface area (Å²) >= 11 is 0. The summed E-state index contributed by atoms with van der Waals surface area (Å²) in [6.07, 6.45) is 6.25. The molecule has 1 N–H and O–H groups in total. The topological polar surface area (TPSA) is 105 Å². The van der Waals surface area contributed by atoms with Crippen LogP contribution < -0.4 is 9.62 Å². The second-order valence-corrected chi connectivity index (χ2v) is 9.34. The van der Waals surface area contributed by atoms with E-state index in [-0.39, 0.29) is 19.0 Å². The Balaban J connectivity index is 1.64. The summed E-state index contributed by atoms with van der Waals surface area (Å²) in [4.78, 5) is 29.9. The van der Waals surface area contributed by atoms with Gasteiger partial charge >= 0.3 is 0 Å². The fraction of sp³-hybridized carbons (Fsp3) is 0.227. The van der Waals surface area contributed by atoms with Crippen LogP contribution in [0.15, 0.2) is 67.3 Å². The molecule has 0 spiro atoms. The highest BCUT2D eigenvalue weighted by molar-refractivity contribution is 7.92. The van der Waals surface area contributed by atoms with Gasteiger partial charge in [-0.2, -0.15) is 0 Å². The minimum absolute atomic E-state index is 0.195. The number of carbonyl (C=O) groups is 2. The second-order valence-electron chi connectivity index (χ2n) is 7.43. The maximum Gasteiger partial charge on any atom is 0.253 e. The molecule has 168 valence electrons. The highest BCUT2D eigenvalue weighted by Gasteiger charge is 2.21. The minimum Gasteiger partial charge on any atom is -0.350 e. The van der Waals surface area contributed by atoms with Gasteiger partial charge in [0, 0.05) is 44.3 Å². The summed E-state index contributed by atoms with van der Waals surface area (Å²) in [6.45, 7) is -0.107. The Hall–Kier alpha value is -3.66. The fourth-order valence-corrected chi connectivity index (χ4v) is 3.87. The summed E-state index contributed by atoms with van der Waals surface area (Å²) in [6, 6.07) is 13.7. The number of aromatic nitrogens is 2. The van der Waals surface area contributed by atoms with E-state index in [1.165, 1.54) is 29.2 Å². The van der Waals surface area contributed by atoms with Crippen LogP contribution >= 0.6 is 0 Å². The normalized spacial score (nSPS) is 11.1. The summed E-state index contributed by atoms with van der Waals surface area (Å²) in [5.74, 6) is -0.637. The lowest BCUT2D eigenvalue weighted by Crippen LogP contribution is -2.40. The van der Waals surface area contributed by atoms with Gasteiger partial charge in [-0.05, 0) is 42.0 Å². The van der Waals surface area contributed by atoms with Gasteiger partial charge in [0.05, 0.1) is 18.3 Å². The van der Waals surface area contributed by atoms with Gasteiger partial charge in [-0.1, -0.05) is 12.1 Å². The van der Waals surface area contributed by atoms with E-state index >= 15 is 0 Å². The van der Waals surface area contributed by atoms with E-state index in [9.17, 15) is 18.0 Å². The average molecular weight is 456 g/mol. The number of imidazole rings is 1. The number of benzene rings is 2. The first-order valence-corrected chi connectivity index (χ1v) is 11.6. The van der Waals surface area contributed by atoms with E-state index in [4.69, 9.17) is 0 Å². The number of nitrogens with one attached hydrogen (secondary N) is 1. The predicted molar refractivity (Wildman–Crippen MR) is 122 cm³/mol. The van der Waals surface area contributed by atoms with Gasteiger partial charge < -0.3 is 14.8 Å². The third-order valence-electron chi connectivity index (χ3n) is 4.72. The number of rotatable bonds is 8. The van der Waals surface area contributed by atoms with E-state index in [1.54, 1.807) is 26.6 Å². The number of hydrogen-bond acceptors (Lipinski definition) is 5. The van der Waals surface area contributed by atoms with E-state index in [0.29, 0.717) is 11.3 Å². The Labute approximate surface area is 187 Å². The second kappa shape index (κ2) is 9.65. The monoisotopic (exact) mass is 455 g/mol. The van der Waals surface area contributed by atoms with Crippen LogP contribution in [0.25, 0.3) is 5.69 Å². The van der Waals surface area contributed by atoms with Crippen molar-refractivity contribution in [3.8, 4) is 5.69 Å². The summed E-state index contributed by atoms with van der Waals surface area (Å²) in [5.41, 5.74) is 2.55. The van der Waals surface area contributed by atoms with Gasteiger partial charge in [-0.15, -0.1) is 0 Å². The third kappa shape index (κ3) is 5.73. The van der Waals surface area contributed by atoms with Crippen LogP contribution in [0, 0.1) is 0 Å². The number of nitrogens with zero attached hydrogens (tertiary/aromatic N) is 4. The molecular weight excluding hydrogens is 430 g/mol. The van der Waals surface area contributed by atoms with Gasteiger partial charge in [-0.25, -0.2) is 13.4 Å². The molecule has 0 unspecified atom stereocenters. The van der Waals surface area contributed by atoms with Gasteiger partial charge in [-0.3, -0.25) is 13.9 Å². The highest BCUT2D eigenvalue weighted by atomic mass is 32.2. The Bertz CT molecular complexity index is 1170. The first-order chi connectivity index (χ1) is 15.1. The van der Waals surface area contributed by atoms with E-state index in [2.05, 4.69) is 10.3 Å². The SMILES string of the molecule is CN(C)C(=O)c1ccc(N(CC(=O)NCc2ccc(-n3ccnc3)cc2)S(C)(=O)=O)cc1. The zero-order chi connectivity index (χ0) is 23.3. The van der Waals surface area contributed by atoms with Crippen molar-refractivity contribution in [2.75, 3.05) is 31.2 Å². The molecule has 0 radical (unpaired) electrons. The first-order valence-electron chi connectivity index (χ1n) is 9.78. The number of hydrogen-bond donors (Lipinski definition) is 1. The van der Waals surface area contributed by atoms with E-state index in [1.807, 2.05) is 35.0 Å². The van der Waals surface area contributed by atoms with Crippen molar-refractivity contribution in [1.29, 1.82) is 0 Å². The van der Waals surface area contributed by atoms with Gasteiger partial charge in [0.2, 0.25) is 15.9 Å². The standard InChI is InChI=1S/C22H25N5O4S/c1-25(2)22(29)18-6-10-20(11-7-18)27(32(3,30)31)15-21(28)24-14-17-4-8-19(9-5-17)26-13-12-23-16-26/h4-13,16H,14-15H2,1-3H3,(H,24,28). The van der Waals surface area contributed by atoms with Gasteiger partial charge in [0.25, 0.3) is 5.91 Å². The van der Waals surface area contributed by atoms with Crippen molar-refractivity contribution in [2.24, 2.45) is 0 Å². The Kier molecular flexibility index (Phi) is 6.94. The fourth-order valence-electron chi connectivity index (χ4n) is 3.01. The quantitative estimate of drug-likeness (QED) is 0.556. The van der Waals surface area contributed by atoms with E-state index < -0.39 is 15.9 Å². The molecule has 10 heteroatoms. The van der Waals surface area contributed by atoms with Crippen LogP contribution in [0.4, 0.5) is 5.69 Å². The van der Waals surface area contributed by atoms with Crippen molar-refractivity contribution in [3.63, 3.8) is 0 Å². The lowest BCUT2D eigenvalue weighted by molar-refractivity contribution is -0.119. The molecule has 2 aromatic carbocycles. The van der Waals surface area contributed by atoms with Crippen LogP contribution in [0.1, 0.15) is 15.9 Å². The molecule has 0 aliphatic rings. The minimum atomic E-state index is -3.71. The molecule has 0 saturated carbocycles. The summed E-state index contributed by atoms with van der Waals surface area (Å²) in [7, 11) is -0.441. The predicted octanol–water partition coefficient (Wildman–Crippen LogP) is 1.66. The molecule has 0 saturated heterocycles. The molecule has 0 fully saturated rings. The average Bonchev–Trinajstić information content (AvgIpc) is 3.30. The van der Waals surface area contributed by atoms with Crippen LogP contribution in [0.5, 0.6) is 0 Å². The Morgan fingerprint density at radius 2 is 1.69 bits per heavy atom. The summed E-state index contributed by atoms with van der Waals surface area (Å²) < 4.78 is 27.4. The van der Waals surface area contributed by atoms with Crippen molar-refractivity contribution in [2.45, 2.75) is 6.54 Å². The van der Waals surface area contributed by atoms with E-state index in [0.717, 1.165) is 21.8 Å².